The maximum absolute atomic E-state index is 11.2. The van der Waals surface area contributed by atoms with Gasteiger partial charge in [-0.3, -0.25) is 4.98 Å². The van der Waals surface area contributed by atoms with E-state index in [2.05, 4.69) is 36.1 Å². The van der Waals surface area contributed by atoms with Crippen molar-refractivity contribution in [3.05, 3.63) is 18.1 Å². The van der Waals surface area contributed by atoms with Crippen molar-refractivity contribution in [3.63, 3.8) is 0 Å². The summed E-state index contributed by atoms with van der Waals surface area (Å²) in [6.07, 6.45) is 4.57. The molecule has 0 fully saturated rings. The topological polar surface area (TPSA) is 75.1 Å². The van der Waals surface area contributed by atoms with E-state index in [1.807, 2.05) is 6.92 Å². The second kappa shape index (κ2) is 5.80. The van der Waals surface area contributed by atoms with Crippen LogP contribution in [0.5, 0.6) is 0 Å². The van der Waals surface area contributed by atoms with Gasteiger partial charge in [-0.2, -0.15) is 0 Å². The molecule has 1 atom stereocenters. The van der Waals surface area contributed by atoms with E-state index in [1.54, 1.807) is 12.4 Å². The lowest BCUT2D eigenvalue weighted by atomic mass is 9.88. The minimum atomic E-state index is -0.860. The molecule has 100 valence electrons. The van der Waals surface area contributed by atoms with E-state index in [9.17, 15) is 9.90 Å². The molecule has 0 bridgehead atoms. The zero-order chi connectivity index (χ0) is 13.8. The van der Waals surface area contributed by atoms with Crippen LogP contribution in [-0.2, 0) is 4.79 Å². The molecule has 0 radical (unpaired) electrons. The van der Waals surface area contributed by atoms with Crippen molar-refractivity contribution >= 4 is 11.8 Å². The summed E-state index contributed by atoms with van der Waals surface area (Å²) in [6, 6.07) is -0.624. The monoisotopic (exact) mass is 251 g/mol. The average molecular weight is 251 g/mol. The fourth-order valence-corrected chi connectivity index (χ4v) is 1.48. The van der Waals surface area contributed by atoms with Crippen molar-refractivity contribution < 1.29 is 9.90 Å². The molecule has 0 aromatic carbocycles. The third-order valence-electron chi connectivity index (χ3n) is 2.58. The summed E-state index contributed by atoms with van der Waals surface area (Å²) in [7, 11) is 0. The van der Waals surface area contributed by atoms with Gasteiger partial charge in [0, 0.05) is 0 Å². The van der Waals surface area contributed by atoms with Crippen molar-refractivity contribution in [1.82, 2.24) is 9.97 Å². The molecule has 1 heterocycles. The van der Waals surface area contributed by atoms with Gasteiger partial charge in [-0.1, -0.05) is 20.8 Å². The molecular formula is C13H21N3O2. The van der Waals surface area contributed by atoms with Crippen molar-refractivity contribution in [2.45, 2.75) is 46.6 Å². The molecule has 0 aliphatic carbocycles. The van der Waals surface area contributed by atoms with Gasteiger partial charge in [0.15, 0.2) is 0 Å². The number of rotatable bonds is 5. The Morgan fingerprint density at radius 1 is 1.39 bits per heavy atom. The molecule has 18 heavy (non-hydrogen) atoms. The number of aliphatic carboxylic acids is 1. The smallest absolute Gasteiger partial charge is 0.326 e. The number of carboxylic acids is 1. The van der Waals surface area contributed by atoms with Gasteiger partial charge < -0.3 is 10.4 Å². The van der Waals surface area contributed by atoms with Gasteiger partial charge in [0.25, 0.3) is 0 Å². The molecule has 1 aromatic rings. The number of aromatic nitrogens is 2. The fraction of sp³-hybridized carbons (Fsp3) is 0.615. The molecule has 2 N–H and O–H groups in total. The van der Waals surface area contributed by atoms with Gasteiger partial charge in [-0.05, 0) is 25.2 Å². The number of nitrogens with zero attached hydrogens (tertiary/aromatic N) is 2. The minimum absolute atomic E-state index is 0.119. The van der Waals surface area contributed by atoms with Crippen LogP contribution >= 0.6 is 0 Å². The molecule has 1 rings (SSSR count). The van der Waals surface area contributed by atoms with Crippen LogP contribution in [0.15, 0.2) is 12.4 Å². The first-order chi connectivity index (χ1) is 8.28. The maximum Gasteiger partial charge on any atom is 0.326 e. The Bertz CT molecular complexity index is 396. The molecular weight excluding hydrogens is 230 g/mol. The van der Waals surface area contributed by atoms with Gasteiger partial charge in [0.05, 0.1) is 18.1 Å². The third kappa shape index (κ3) is 5.12. The zero-order valence-electron chi connectivity index (χ0n) is 11.4. The van der Waals surface area contributed by atoms with Crippen LogP contribution in [0.2, 0.25) is 0 Å². The molecule has 0 spiro atoms. The first kappa shape index (κ1) is 14.4. The minimum Gasteiger partial charge on any atom is -0.480 e. The first-order valence-corrected chi connectivity index (χ1v) is 6.06. The molecule has 5 nitrogen and oxygen atoms in total. The molecule has 0 aliphatic heterocycles. The average Bonchev–Trinajstić information content (AvgIpc) is 2.25. The predicted octanol–water partition coefficient (Wildman–Crippen LogP) is 2.48. The Balaban J connectivity index is 2.63. The van der Waals surface area contributed by atoms with Crippen molar-refractivity contribution in [2.75, 3.05) is 5.32 Å². The molecule has 0 saturated carbocycles. The number of carbonyl (C=O) groups is 1. The summed E-state index contributed by atoms with van der Waals surface area (Å²) < 4.78 is 0. The highest BCUT2D eigenvalue weighted by Crippen LogP contribution is 2.22. The Hall–Kier alpha value is -1.65. The number of hydrogen-bond acceptors (Lipinski definition) is 4. The molecule has 5 heteroatoms. The summed E-state index contributed by atoms with van der Waals surface area (Å²) in [5, 5.41) is 12.1. The zero-order valence-corrected chi connectivity index (χ0v) is 11.4. The van der Waals surface area contributed by atoms with Gasteiger partial charge >= 0.3 is 5.97 Å². The van der Waals surface area contributed by atoms with Gasteiger partial charge in [0.2, 0.25) is 0 Å². The number of carboxylic acid groups (broad SMARTS) is 1. The fourth-order valence-electron chi connectivity index (χ4n) is 1.48. The van der Waals surface area contributed by atoms with E-state index in [1.165, 1.54) is 0 Å². The van der Waals surface area contributed by atoms with Crippen LogP contribution in [-0.4, -0.2) is 27.1 Å². The summed E-state index contributed by atoms with van der Waals surface area (Å²) in [4.78, 5) is 19.4. The van der Waals surface area contributed by atoms with Gasteiger partial charge in [-0.25, -0.2) is 9.78 Å². The van der Waals surface area contributed by atoms with E-state index >= 15 is 0 Å². The second-order valence-corrected chi connectivity index (χ2v) is 5.68. The standard InChI is InChI=1S/C13H21N3O2/c1-9-7-15-11(8-14-9)16-10(12(17)18)5-6-13(2,3)4/h7-8,10H,5-6H2,1-4H3,(H,15,16)(H,17,18)/t10-/m0/s1. The maximum atomic E-state index is 11.2. The third-order valence-corrected chi connectivity index (χ3v) is 2.58. The van der Waals surface area contributed by atoms with E-state index in [0.717, 1.165) is 12.1 Å². The van der Waals surface area contributed by atoms with E-state index in [4.69, 9.17) is 0 Å². The molecule has 0 unspecified atom stereocenters. The van der Waals surface area contributed by atoms with E-state index < -0.39 is 12.0 Å². The Kier molecular flexibility index (Phi) is 4.64. The molecule has 0 aliphatic rings. The predicted molar refractivity (Wildman–Crippen MR) is 70.5 cm³/mol. The molecule has 0 amide bonds. The second-order valence-electron chi connectivity index (χ2n) is 5.68. The summed E-state index contributed by atoms with van der Waals surface area (Å²) in [5.41, 5.74) is 0.927. The molecule has 0 saturated heterocycles. The molecule has 1 aromatic heterocycles. The van der Waals surface area contributed by atoms with Gasteiger partial charge in [0.1, 0.15) is 11.9 Å². The van der Waals surface area contributed by atoms with Crippen LogP contribution in [0.4, 0.5) is 5.82 Å². The number of hydrogen-bond donors (Lipinski definition) is 2. The highest BCUT2D eigenvalue weighted by Gasteiger charge is 2.21. The van der Waals surface area contributed by atoms with Crippen molar-refractivity contribution in [1.29, 1.82) is 0 Å². The first-order valence-electron chi connectivity index (χ1n) is 6.06. The summed E-state index contributed by atoms with van der Waals surface area (Å²) >= 11 is 0. The number of nitrogens with one attached hydrogen (secondary N) is 1. The SMILES string of the molecule is Cc1cnc(N[C@@H](CCC(C)(C)C)C(=O)O)cn1. The summed E-state index contributed by atoms with van der Waals surface area (Å²) in [6.45, 7) is 8.12. The Morgan fingerprint density at radius 2 is 2.06 bits per heavy atom. The van der Waals surface area contributed by atoms with E-state index in [0.29, 0.717) is 12.2 Å². The Morgan fingerprint density at radius 3 is 2.50 bits per heavy atom. The lowest BCUT2D eigenvalue weighted by molar-refractivity contribution is -0.138. The van der Waals surface area contributed by atoms with Crippen LogP contribution in [0.25, 0.3) is 0 Å². The largest absolute Gasteiger partial charge is 0.480 e. The highest BCUT2D eigenvalue weighted by atomic mass is 16.4. The highest BCUT2D eigenvalue weighted by molar-refractivity contribution is 5.76. The van der Waals surface area contributed by atoms with Gasteiger partial charge in [-0.15, -0.1) is 0 Å². The van der Waals surface area contributed by atoms with Crippen LogP contribution < -0.4 is 5.32 Å². The van der Waals surface area contributed by atoms with Crippen LogP contribution in [0.3, 0.4) is 0 Å². The normalized spacial score (nSPS) is 13.1. The summed E-state index contributed by atoms with van der Waals surface area (Å²) in [5.74, 6) is -0.358. The Labute approximate surface area is 108 Å². The number of anilines is 1. The van der Waals surface area contributed by atoms with E-state index in [-0.39, 0.29) is 5.41 Å². The lowest BCUT2D eigenvalue weighted by Gasteiger charge is -2.21. The lowest BCUT2D eigenvalue weighted by Crippen LogP contribution is -2.30. The quantitative estimate of drug-likeness (QED) is 0.840. The van der Waals surface area contributed by atoms with Crippen LogP contribution in [0, 0.1) is 12.3 Å². The number of aryl methyl sites for hydroxylation is 1. The van der Waals surface area contributed by atoms with Crippen LogP contribution in [0.1, 0.15) is 39.3 Å². The van der Waals surface area contributed by atoms with Crippen molar-refractivity contribution in [2.24, 2.45) is 5.41 Å². The van der Waals surface area contributed by atoms with Crippen molar-refractivity contribution in [3.8, 4) is 0 Å².